The fraction of sp³-hybridized carbons (Fsp3) is 0.800. The number of carboxylic acids is 1. The first-order valence-corrected chi connectivity index (χ1v) is 2.79. The minimum Gasteiger partial charge on any atom is -0.481 e. The van der Waals surface area contributed by atoms with Gasteiger partial charge in [0.2, 0.25) is 0 Å². The number of rotatable bonds is 4. The number of halogens is 1. The van der Waals surface area contributed by atoms with Crippen LogP contribution < -0.4 is 5.73 Å². The highest BCUT2D eigenvalue weighted by atomic mass is 19.1. The van der Waals surface area contributed by atoms with Crippen molar-refractivity contribution < 1.29 is 19.4 Å². The van der Waals surface area contributed by atoms with E-state index in [4.69, 9.17) is 15.9 Å². The maximum Gasteiger partial charge on any atom is 0.305 e. The van der Waals surface area contributed by atoms with E-state index in [1.54, 1.807) is 0 Å². The Labute approximate surface area is 57.5 Å². The van der Waals surface area contributed by atoms with Gasteiger partial charge in [0.1, 0.15) is 6.67 Å². The average molecular weight is 151 g/mol. The van der Waals surface area contributed by atoms with Crippen molar-refractivity contribution in [2.75, 3.05) is 6.67 Å². The zero-order chi connectivity index (χ0) is 8.15. The molecule has 0 aromatic rings. The monoisotopic (exact) mass is 151 g/mol. The molecule has 10 heavy (non-hydrogen) atoms. The van der Waals surface area contributed by atoms with Crippen molar-refractivity contribution in [2.45, 2.75) is 18.6 Å². The Morgan fingerprint density at radius 2 is 2.20 bits per heavy atom. The smallest absolute Gasteiger partial charge is 0.305 e. The van der Waals surface area contributed by atoms with Crippen LogP contribution in [0.3, 0.4) is 0 Å². The standard InChI is InChI=1S/C5H10FNO3/c6-2-4(8)3(7)1-5(9)10/h3-4,8H,1-2,7H2,(H,9,10). The largest absolute Gasteiger partial charge is 0.481 e. The van der Waals surface area contributed by atoms with Crippen LogP contribution in [0.5, 0.6) is 0 Å². The Bertz CT molecular complexity index is 119. The summed E-state index contributed by atoms with van der Waals surface area (Å²) in [7, 11) is 0. The van der Waals surface area contributed by atoms with Gasteiger partial charge < -0.3 is 15.9 Å². The number of carboxylic acid groups (broad SMARTS) is 1. The summed E-state index contributed by atoms with van der Waals surface area (Å²) in [4.78, 5) is 9.92. The van der Waals surface area contributed by atoms with Crippen LogP contribution in [0.4, 0.5) is 4.39 Å². The number of aliphatic hydroxyl groups excluding tert-OH is 1. The Morgan fingerprint density at radius 3 is 2.50 bits per heavy atom. The fourth-order valence-electron chi connectivity index (χ4n) is 0.452. The molecule has 5 heteroatoms. The summed E-state index contributed by atoms with van der Waals surface area (Å²) in [5.41, 5.74) is 5.06. The quantitative estimate of drug-likeness (QED) is 0.487. The van der Waals surface area contributed by atoms with E-state index in [9.17, 15) is 9.18 Å². The summed E-state index contributed by atoms with van der Waals surface area (Å²) in [5, 5.41) is 16.7. The molecule has 0 spiro atoms. The average Bonchev–Trinajstić information content (AvgIpc) is 1.85. The zero-order valence-corrected chi connectivity index (χ0v) is 5.33. The van der Waals surface area contributed by atoms with Crippen LogP contribution >= 0.6 is 0 Å². The summed E-state index contributed by atoms with van der Waals surface area (Å²) in [6, 6.07) is -1.01. The molecule has 0 aliphatic carbocycles. The predicted octanol–water partition coefficient (Wildman–Crippen LogP) is -0.881. The normalized spacial score (nSPS) is 16.3. The molecule has 2 atom stereocenters. The highest BCUT2D eigenvalue weighted by Crippen LogP contribution is 1.96. The first kappa shape index (κ1) is 9.32. The Balaban J connectivity index is 3.61. The lowest BCUT2D eigenvalue weighted by atomic mass is 10.1. The molecule has 4 nitrogen and oxygen atoms in total. The lowest BCUT2D eigenvalue weighted by Gasteiger charge is -2.12. The first-order valence-electron chi connectivity index (χ1n) is 2.79. The third-order valence-corrected chi connectivity index (χ3v) is 1.06. The van der Waals surface area contributed by atoms with Gasteiger partial charge in [0.05, 0.1) is 12.5 Å². The van der Waals surface area contributed by atoms with Crippen molar-refractivity contribution in [2.24, 2.45) is 5.73 Å². The number of hydrogen-bond donors (Lipinski definition) is 3. The topological polar surface area (TPSA) is 83.6 Å². The van der Waals surface area contributed by atoms with Crippen LogP contribution in [-0.4, -0.2) is 35.0 Å². The summed E-state index contributed by atoms with van der Waals surface area (Å²) in [6.45, 7) is -1.01. The molecule has 0 aromatic heterocycles. The van der Waals surface area contributed by atoms with E-state index in [1.807, 2.05) is 0 Å². The van der Waals surface area contributed by atoms with Gasteiger partial charge in [-0.05, 0) is 0 Å². The van der Waals surface area contributed by atoms with E-state index in [1.165, 1.54) is 0 Å². The van der Waals surface area contributed by atoms with E-state index in [2.05, 4.69) is 0 Å². The van der Waals surface area contributed by atoms with Gasteiger partial charge in [-0.2, -0.15) is 0 Å². The van der Waals surface area contributed by atoms with Crippen molar-refractivity contribution in [3.8, 4) is 0 Å². The van der Waals surface area contributed by atoms with Crippen molar-refractivity contribution in [1.29, 1.82) is 0 Å². The molecule has 0 rings (SSSR count). The number of carbonyl (C=O) groups is 1. The minimum atomic E-state index is -1.36. The summed E-state index contributed by atoms with van der Waals surface area (Å²) in [6.07, 6.45) is -1.78. The van der Waals surface area contributed by atoms with Crippen LogP contribution in [0.15, 0.2) is 0 Å². The van der Waals surface area contributed by atoms with Gasteiger partial charge in [-0.25, -0.2) is 4.39 Å². The first-order chi connectivity index (χ1) is 4.57. The third kappa shape index (κ3) is 3.37. The van der Waals surface area contributed by atoms with Crippen LogP contribution in [0.25, 0.3) is 0 Å². The van der Waals surface area contributed by atoms with Gasteiger partial charge in [-0.1, -0.05) is 0 Å². The minimum absolute atomic E-state index is 0.412. The molecular weight excluding hydrogens is 141 g/mol. The van der Waals surface area contributed by atoms with Gasteiger partial charge in [-0.3, -0.25) is 4.79 Å². The Morgan fingerprint density at radius 1 is 1.70 bits per heavy atom. The zero-order valence-electron chi connectivity index (χ0n) is 5.33. The lowest BCUT2D eigenvalue weighted by molar-refractivity contribution is -0.138. The fourth-order valence-corrected chi connectivity index (χ4v) is 0.452. The number of nitrogens with two attached hydrogens (primary N) is 1. The highest BCUT2D eigenvalue weighted by Gasteiger charge is 2.16. The molecule has 0 amide bonds. The van der Waals surface area contributed by atoms with Gasteiger partial charge in [0.25, 0.3) is 0 Å². The Hall–Kier alpha value is -0.680. The van der Waals surface area contributed by atoms with Gasteiger partial charge in [-0.15, -0.1) is 0 Å². The molecule has 0 saturated heterocycles. The van der Waals surface area contributed by atoms with E-state index < -0.39 is 31.2 Å². The van der Waals surface area contributed by atoms with Gasteiger partial charge >= 0.3 is 5.97 Å². The summed E-state index contributed by atoms with van der Waals surface area (Å²) in [5.74, 6) is -1.14. The molecule has 0 bridgehead atoms. The third-order valence-electron chi connectivity index (χ3n) is 1.06. The van der Waals surface area contributed by atoms with E-state index in [-0.39, 0.29) is 0 Å². The van der Waals surface area contributed by atoms with Crippen molar-refractivity contribution in [1.82, 2.24) is 0 Å². The second-order valence-electron chi connectivity index (χ2n) is 1.98. The molecule has 4 N–H and O–H groups in total. The lowest BCUT2D eigenvalue weighted by Crippen LogP contribution is -2.37. The van der Waals surface area contributed by atoms with Crippen molar-refractivity contribution in [3.05, 3.63) is 0 Å². The molecule has 0 aliphatic heterocycles. The van der Waals surface area contributed by atoms with E-state index >= 15 is 0 Å². The summed E-state index contributed by atoms with van der Waals surface area (Å²) >= 11 is 0. The number of aliphatic carboxylic acids is 1. The molecule has 0 heterocycles. The second-order valence-corrected chi connectivity index (χ2v) is 1.98. The molecule has 0 aromatic carbocycles. The van der Waals surface area contributed by atoms with Crippen molar-refractivity contribution in [3.63, 3.8) is 0 Å². The van der Waals surface area contributed by atoms with Crippen LogP contribution in [0.2, 0.25) is 0 Å². The van der Waals surface area contributed by atoms with Crippen molar-refractivity contribution >= 4 is 5.97 Å². The maximum atomic E-state index is 11.6. The molecule has 0 fully saturated rings. The summed E-state index contributed by atoms with van der Waals surface area (Å²) < 4.78 is 11.6. The molecule has 0 radical (unpaired) electrons. The number of hydrogen-bond acceptors (Lipinski definition) is 3. The van der Waals surface area contributed by atoms with Gasteiger partial charge in [0.15, 0.2) is 0 Å². The molecule has 2 unspecified atom stereocenters. The number of aliphatic hydroxyl groups is 1. The Kier molecular flexibility index (Phi) is 3.90. The van der Waals surface area contributed by atoms with Gasteiger partial charge in [0, 0.05) is 6.04 Å². The molecule has 0 aliphatic rings. The van der Waals surface area contributed by atoms with E-state index in [0.29, 0.717) is 0 Å². The maximum absolute atomic E-state index is 11.6. The van der Waals surface area contributed by atoms with Crippen LogP contribution in [-0.2, 0) is 4.79 Å². The molecular formula is C5H10FNO3. The number of alkyl halides is 1. The van der Waals surface area contributed by atoms with Crippen LogP contribution in [0.1, 0.15) is 6.42 Å². The highest BCUT2D eigenvalue weighted by molar-refractivity contribution is 5.67. The SMILES string of the molecule is NC(CC(=O)O)C(O)CF. The predicted molar refractivity (Wildman–Crippen MR) is 32.2 cm³/mol. The van der Waals surface area contributed by atoms with E-state index in [0.717, 1.165) is 0 Å². The second kappa shape index (κ2) is 4.19. The molecule has 0 saturated carbocycles. The molecule has 60 valence electrons. The van der Waals surface area contributed by atoms with Crippen LogP contribution in [0, 0.1) is 0 Å².